The van der Waals surface area contributed by atoms with Crippen LogP contribution in [0, 0.1) is 6.92 Å². The largest absolute Gasteiger partial charge is 0.494 e. The van der Waals surface area contributed by atoms with E-state index in [0.29, 0.717) is 62.9 Å². The van der Waals surface area contributed by atoms with Crippen LogP contribution in [0.4, 0.5) is 28.8 Å². The molecule has 0 unspecified atom stereocenters. The number of rotatable bonds is 9. The first-order valence-corrected chi connectivity index (χ1v) is 17.3. The summed E-state index contributed by atoms with van der Waals surface area (Å²) in [6.45, 7) is 8.11. The SMILES string of the molecule is CN=CC(=CN)c1cc(Nc2ncc(Br)c(Nc3cc(C)c4nccnc4c3P(C)(C)=O)n2)c(OC)cc1N1CCOCC1. The highest BCUT2D eigenvalue weighted by Gasteiger charge is 2.24. The van der Waals surface area contributed by atoms with Gasteiger partial charge in [-0.3, -0.25) is 15.0 Å². The Labute approximate surface area is 264 Å². The Morgan fingerprint density at radius 2 is 1.84 bits per heavy atom. The Bertz CT molecular complexity index is 1800. The maximum absolute atomic E-state index is 13.5. The second-order valence-corrected chi connectivity index (χ2v) is 14.5. The van der Waals surface area contributed by atoms with Gasteiger partial charge in [0, 0.05) is 74.0 Å². The molecule has 230 valence electrons. The summed E-state index contributed by atoms with van der Waals surface area (Å²) in [6.07, 6.45) is 8.15. The van der Waals surface area contributed by atoms with Gasteiger partial charge in [0.1, 0.15) is 24.2 Å². The topological polar surface area (TPSA) is 153 Å². The van der Waals surface area contributed by atoms with Crippen molar-refractivity contribution in [2.45, 2.75) is 6.92 Å². The van der Waals surface area contributed by atoms with E-state index >= 15 is 0 Å². The molecule has 14 heteroatoms. The van der Waals surface area contributed by atoms with Crippen molar-refractivity contribution in [3.8, 4) is 5.75 Å². The molecular weight excluding hydrogens is 645 g/mol. The van der Waals surface area contributed by atoms with Crippen LogP contribution in [0.25, 0.3) is 16.6 Å². The highest BCUT2D eigenvalue weighted by Crippen LogP contribution is 2.42. The van der Waals surface area contributed by atoms with Crippen molar-refractivity contribution >= 4 is 80.0 Å². The molecule has 0 saturated carbocycles. The molecule has 0 bridgehead atoms. The zero-order valence-electron chi connectivity index (χ0n) is 25.3. The lowest BCUT2D eigenvalue weighted by Gasteiger charge is -2.31. The fourth-order valence-electron chi connectivity index (χ4n) is 5.16. The van der Waals surface area contributed by atoms with Crippen molar-refractivity contribution in [2.24, 2.45) is 10.7 Å². The van der Waals surface area contributed by atoms with Crippen molar-refractivity contribution in [3.05, 3.63) is 58.6 Å². The number of nitrogens with zero attached hydrogens (tertiary/aromatic N) is 6. The Hall–Kier alpha value is -4.06. The van der Waals surface area contributed by atoms with Crippen molar-refractivity contribution in [1.29, 1.82) is 0 Å². The summed E-state index contributed by atoms with van der Waals surface area (Å²) in [5.41, 5.74) is 12.1. The van der Waals surface area contributed by atoms with Gasteiger partial charge >= 0.3 is 0 Å². The van der Waals surface area contributed by atoms with Crippen LogP contribution in [-0.4, -0.2) is 79.9 Å². The molecule has 1 aliphatic heterocycles. The van der Waals surface area contributed by atoms with E-state index in [0.717, 1.165) is 35.5 Å². The van der Waals surface area contributed by atoms with Gasteiger partial charge in [0.2, 0.25) is 5.95 Å². The third kappa shape index (κ3) is 6.54. The third-order valence-corrected chi connectivity index (χ3v) is 9.23. The normalized spacial score (nSPS) is 14.3. The van der Waals surface area contributed by atoms with Gasteiger partial charge in [-0.25, -0.2) is 4.98 Å². The van der Waals surface area contributed by atoms with Crippen LogP contribution >= 0.6 is 23.1 Å². The summed E-state index contributed by atoms with van der Waals surface area (Å²) in [4.78, 5) is 24.7. The molecule has 3 heterocycles. The number of benzene rings is 2. The first kappa shape index (κ1) is 31.4. The van der Waals surface area contributed by atoms with E-state index in [9.17, 15) is 4.57 Å². The molecule has 1 saturated heterocycles. The standard InChI is InChI=1S/C30H35BrN9O3P/c1-18-12-23(28(44(4,5)41)27-26(18)34-6-7-35-27)37-29-21(31)17-36-30(39-29)38-22-13-20(19(15-32)16-33-2)24(14-25(22)42-3)40-8-10-43-11-9-40/h6-7,12-17H,8-11,32H2,1-5H3,(H2,36,37,38,39). The number of halogens is 1. The molecule has 0 radical (unpaired) electrons. The van der Waals surface area contributed by atoms with Gasteiger partial charge in [0.25, 0.3) is 0 Å². The maximum atomic E-state index is 13.5. The zero-order valence-corrected chi connectivity index (χ0v) is 27.7. The molecule has 44 heavy (non-hydrogen) atoms. The molecule has 5 rings (SSSR count). The van der Waals surface area contributed by atoms with E-state index in [1.165, 1.54) is 6.20 Å². The minimum atomic E-state index is -2.79. The van der Waals surface area contributed by atoms with E-state index in [1.54, 1.807) is 52.3 Å². The van der Waals surface area contributed by atoms with Crippen LogP contribution in [0.3, 0.4) is 0 Å². The number of hydrogen-bond acceptors (Lipinski definition) is 12. The van der Waals surface area contributed by atoms with E-state index in [4.69, 9.17) is 20.2 Å². The van der Waals surface area contributed by atoms with Crippen molar-refractivity contribution < 1.29 is 14.0 Å². The lowest BCUT2D eigenvalue weighted by Crippen LogP contribution is -2.36. The summed E-state index contributed by atoms with van der Waals surface area (Å²) >= 11 is 3.57. The number of nitrogens with two attached hydrogens (primary N) is 1. The van der Waals surface area contributed by atoms with E-state index < -0.39 is 7.14 Å². The second kappa shape index (κ2) is 13.3. The summed E-state index contributed by atoms with van der Waals surface area (Å²) in [7, 11) is 0.536. The molecular formula is C30H35BrN9O3P. The Balaban J connectivity index is 1.56. The van der Waals surface area contributed by atoms with Gasteiger partial charge in [-0.05, 0) is 53.9 Å². The summed E-state index contributed by atoms with van der Waals surface area (Å²) in [5.74, 6) is 1.39. The number of methoxy groups -OCH3 is 1. The molecule has 0 aliphatic carbocycles. The number of aromatic nitrogens is 4. The van der Waals surface area contributed by atoms with Crippen molar-refractivity contribution in [1.82, 2.24) is 19.9 Å². The first-order valence-electron chi connectivity index (χ1n) is 13.9. The molecule has 4 N–H and O–H groups in total. The summed E-state index contributed by atoms with van der Waals surface area (Å²) < 4.78 is 25.5. The predicted molar refractivity (Wildman–Crippen MR) is 182 cm³/mol. The van der Waals surface area contributed by atoms with Gasteiger partial charge in [0.05, 0.1) is 47.0 Å². The number of allylic oxidation sites excluding steroid dienone is 1. The minimum absolute atomic E-state index is 0.316. The van der Waals surface area contributed by atoms with Gasteiger partial charge in [-0.2, -0.15) is 4.98 Å². The number of morpholine rings is 1. The zero-order chi connectivity index (χ0) is 31.4. The number of aliphatic imine (C=N–C) groups is 1. The number of anilines is 5. The highest BCUT2D eigenvalue weighted by molar-refractivity contribution is 9.10. The Morgan fingerprint density at radius 1 is 1.11 bits per heavy atom. The Morgan fingerprint density at radius 3 is 2.50 bits per heavy atom. The minimum Gasteiger partial charge on any atom is -0.494 e. The third-order valence-electron chi connectivity index (χ3n) is 7.12. The molecule has 4 aromatic rings. The van der Waals surface area contributed by atoms with Crippen LogP contribution in [0.15, 0.2) is 52.5 Å². The van der Waals surface area contributed by atoms with Gasteiger partial charge < -0.3 is 35.3 Å². The molecule has 1 aliphatic rings. The fraction of sp³-hybridized carbons (Fsp3) is 0.300. The van der Waals surface area contributed by atoms with Crippen molar-refractivity contribution in [3.63, 3.8) is 0 Å². The smallest absolute Gasteiger partial charge is 0.229 e. The Kier molecular flexibility index (Phi) is 9.48. The van der Waals surface area contributed by atoms with Crippen molar-refractivity contribution in [2.75, 3.05) is 69.3 Å². The molecule has 12 nitrogen and oxygen atoms in total. The number of ether oxygens (including phenoxy) is 2. The molecule has 2 aromatic heterocycles. The number of fused-ring (bicyclic) bond motifs is 1. The van der Waals surface area contributed by atoms with Crippen LogP contribution < -0.4 is 31.3 Å². The van der Waals surface area contributed by atoms with Crippen LogP contribution in [0.1, 0.15) is 11.1 Å². The van der Waals surface area contributed by atoms with Crippen LogP contribution in [-0.2, 0) is 9.30 Å². The van der Waals surface area contributed by atoms with E-state index in [-0.39, 0.29) is 0 Å². The quantitative estimate of drug-likeness (QED) is 0.161. The monoisotopic (exact) mass is 679 g/mol. The maximum Gasteiger partial charge on any atom is 0.229 e. The second-order valence-electron chi connectivity index (χ2n) is 10.5. The molecule has 1 fully saturated rings. The first-order chi connectivity index (χ1) is 21.1. The summed E-state index contributed by atoms with van der Waals surface area (Å²) in [5, 5.41) is 7.29. The van der Waals surface area contributed by atoms with Gasteiger partial charge in [0.15, 0.2) is 0 Å². The number of hydrogen-bond donors (Lipinski definition) is 3. The molecule has 0 amide bonds. The van der Waals surface area contributed by atoms with E-state index in [1.807, 2.05) is 25.1 Å². The van der Waals surface area contributed by atoms with Gasteiger partial charge in [-0.15, -0.1) is 0 Å². The predicted octanol–water partition coefficient (Wildman–Crippen LogP) is 5.07. The lowest BCUT2D eigenvalue weighted by molar-refractivity contribution is 0.122. The molecule has 2 aromatic carbocycles. The average molecular weight is 681 g/mol. The van der Waals surface area contributed by atoms with Gasteiger partial charge in [-0.1, -0.05) is 0 Å². The van der Waals surface area contributed by atoms with Crippen LogP contribution in [0.5, 0.6) is 5.75 Å². The van der Waals surface area contributed by atoms with Crippen LogP contribution in [0.2, 0.25) is 0 Å². The average Bonchev–Trinajstić information content (AvgIpc) is 3.01. The fourth-order valence-corrected chi connectivity index (χ4v) is 6.82. The molecule has 0 spiro atoms. The highest BCUT2D eigenvalue weighted by atomic mass is 79.9. The summed E-state index contributed by atoms with van der Waals surface area (Å²) in [6, 6.07) is 5.85. The number of nitrogens with one attached hydrogen (secondary N) is 2. The van der Waals surface area contributed by atoms with E-state index in [2.05, 4.69) is 51.4 Å². The molecule has 0 atom stereocenters. The lowest BCUT2D eigenvalue weighted by atomic mass is 10.0. The number of aryl methyl sites for hydroxylation is 1.